The van der Waals surface area contributed by atoms with Crippen molar-refractivity contribution in [2.75, 3.05) is 20.8 Å². The van der Waals surface area contributed by atoms with Crippen LogP contribution in [-0.4, -0.2) is 48.8 Å². The number of carbonyl (C=O) groups excluding carboxylic acids is 2. The highest BCUT2D eigenvalue weighted by Gasteiger charge is 2.27. The number of nitrogens with zero attached hydrogens (tertiary/aromatic N) is 1. The lowest BCUT2D eigenvalue weighted by Crippen LogP contribution is -2.16. The summed E-state index contributed by atoms with van der Waals surface area (Å²) in [5.41, 5.74) is 2.00. The summed E-state index contributed by atoms with van der Waals surface area (Å²) in [5, 5.41) is 8.68. The van der Waals surface area contributed by atoms with E-state index in [-0.39, 0.29) is 11.1 Å². The summed E-state index contributed by atoms with van der Waals surface area (Å²) in [6.45, 7) is 2.82. The quantitative estimate of drug-likeness (QED) is 0.768. The molecule has 0 saturated carbocycles. The van der Waals surface area contributed by atoms with Crippen molar-refractivity contribution in [1.82, 2.24) is 4.98 Å². The van der Waals surface area contributed by atoms with E-state index in [0.29, 0.717) is 28.3 Å². The van der Waals surface area contributed by atoms with Gasteiger partial charge in [0.2, 0.25) is 0 Å². The average Bonchev–Trinajstić information content (AvgIpc) is 2.65. The molecule has 0 saturated heterocycles. The lowest BCUT2D eigenvalue weighted by Gasteiger charge is -2.17. The summed E-state index contributed by atoms with van der Waals surface area (Å²) in [6, 6.07) is 6.32. The number of methoxy groups -OCH3 is 2. The van der Waals surface area contributed by atoms with Crippen molar-refractivity contribution < 1.29 is 33.7 Å². The van der Waals surface area contributed by atoms with Crippen molar-refractivity contribution in [3.8, 4) is 16.9 Å². The molecule has 1 heterocycles. The molecule has 0 aliphatic carbocycles. The van der Waals surface area contributed by atoms with Gasteiger partial charge in [0.05, 0.1) is 36.7 Å². The van der Waals surface area contributed by atoms with Crippen molar-refractivity contribution >= 4 is 17.9 Å². The van der Waals surface area contributed by atoms with Crippen molar-refractivity contribution in [3.05, 3.63) is 46.8 Å². The Morgan fingerprint density at radius 3 is 1.81 bits per heavy atom. The fourth-order valence-electron chi connectivity index (χ4n) is 2.71. The molecule has 0 atom stereocenters. The Hall–Kier alpha value is -3.42. The highest BCUT2D eigenvalue weighted by atomic mass is 16.5. The van der Waals surface area contributed by atoms with Gasteiger partial charge >= 0.3 is 17.9 Å². The summed E-state index contributed by atoms with van der Waals surface area (Å²) >= 11 is 0. The molecule has 1 aromatic heterocycles. The van der Waals surface area contributed by atoms with E-state index < -0.39 is 24.5 Å². The predicted molar refractivity (Wildman–Crippen MR) is 95.0 cm³/mol. The maximum absolute atomic E-state index is 12.3. The van der Waals surface area contributed by atoms with Crippen molar-refractivity contribution in [2.45, 2.75) is 13.8 Å². The minimum atomic E-state index is -1.10. The van der Waals surface area contributed by atoms with E-state index in [4.69, 9.17) is 19.3 Å². The minimum absolute atomic E-state index is 0.155. The summed E-state index contributed by atoms with van der Waals surface area (Å²) in [6.07, 6.45) is 0. The summed E-state index contributed by atoms with van der Waals surface area (Å²) in [4.78, 5) is 39.6. The molecular formula is C19H19NO7. The number of pyridine rings is 1. The molecule has 0 fully saturated rings. The number of ether oxygens (including phenoxy) is 3. The van der Waals surface area contributed by atoms with Gasteiger partial charge in [-0.2, -0.15) is 0 Å². The number of esters is 2. The van der Waals surface area contributed by atoms with Crippen LogP contribution >= 0.6 is 0 Å². The first-order valence-electron chi connectivity index (χ1n) is 7.93. The monoisotopic (exact) mass is 373 g/mol. The van der Waals surface area contributed by atoms with E-state index in [1.807, 2.05) is 0 Å². The molecule has 8 heteroatoms. The maximum Gasteiger partial charge on any atom is 0.341 e. The van der Waals surface area contributed by atoms with E-state index in [1.165, 1.54) is 14.2 Å². The minimum Gasteiger partial charge on any atom is -0.482 e. The van der Waals surface area contributed by atoms with Crippen LogP contribution in [0.2, 0.25) is 0 Å². The topological polar surface area (TPSA) is 112 Å². The van der Waals surface area contributed by atoms with Gasteiger partial charge < -0.3 is 19.3 Å². The Bertz CT molecular complexity index is 848. The zero-order valence-corrected chi connectivity index (χ0v) is 15.4. The van der Waals surface area contributed by atoms with Crippen molar-refractivity contribution in [2.24, 2.45) is 0 Å². The highest BCUT2D eigenvalue weighted by Crippen LogP contribution is 2.33. The van der Waals surface area contributed by atoms with Crippen LogP contribution < -0.4 is 4.74 Å². The van der Waals surface area contributed by atoms with Gasteiger partial charge in [0, 0.05) is 5.56 Å². The lowest BCUT2D eigenvalue weighted by atomic mass is 9.92. The molecule has 0 unspecified atom stereocenters. The first-order valence-corrected chi connectivity index (χ1v) is 7.93. The van der Waals surface area contributed by atoms with Crippen LogP contribution in [0.4, 0.5) is 0 Å². The third-order valence-electron chi connectivity index (χ3n) is 3.84. The van der Waals surface area contributed by atoms with Crippen LogP contribution in [0.25, 0.3) is 11.1 Å². The van der Waals surface area contributed by atoms with Gasteiger partial charge in [-0.05, 0) is 31.5 Å². The van der Waals surface area contributed by atoms with Crippen LogP contribution in [0, 0.1) is 13.8 Å². The van der Waals surface area contributed by atoms with Crippen LogP contribution in [-0.2, 0) is 14.3 Å². The molecule has 1 aromatic carbocycles. The Balaban J connectivity index is 2.67. The average molecular weight is 373 g/mol. The SMILES string of the molecule is COC(=O)c1c(C)nc(C)c(C(=O)OC)c1-c1ccc(OCC(=O)O)cc1. The fourth-order valence-corrected chi connectivity index (χ4v) is 2.71. The zero-order valence-electron chi connectivity index (χ0n) is 15.4. The molecule has 8 nitrogen and oxygen atoms in total. The second kappa shape index (κ2) is 8.31. The number of aliphatic carboxylic acids is 1. The zero-order chi connectivity index (χ0) is 20.1. The highest BCUT2D eigenvalue weighted by molar-refractivity contribution is 6.07. The molecule has 1 N–H and O–H groups in total. The van der Waals surface area contributed by atoms with E-state index in [9.17, 15) is 14.4 Å². The Morgan fingerprint density at radius 2 is 1.41 bits per heavy atom. The second-order valence-electron chi connectivity index (χ2n) is 5.60. The number of carbonyl (C=O) groups is 3. The van der Waals surface area contributed by atoms with Crippen LogP contribution in [0.15, 0.2) is 24.3 Å². The van der Waals surface area contributed by atoms with Gasteiger partial charge in [-0.15, -0.1) is 0 Å². The largest absolute Gasteiger partial charge is 0.482 e. The number of carboxylic acids is 1. The third kappa shape index (κ3) is 4.22. The molecule has 0 spiro atoms. The summed E-state index contributed by atoms with van der Waals surface area (Å²) < 4.78 is 14.8. The van der Waals surface area contributed by atoms with E-state index >= 15 is 0 Å². The molecule has 2 aromatic rings. The number of aromatic nitrogens is 1. The number of rotatable bonds is 6. The van der Waals surface area contributed by atoms with Gasteiger partial charge in [-0.25, -0.2) is 14.4 Å². The van der Waals surface area contributed by atoms with Gasteiger partial charge in [0.1, 0.15) is 5.75 Å². The maximum atomic E-state index is 12.3. The van der Waals surface area contributed by atoms with E-state index in [1.54, 1.807) is 38.1 Å². The number of hydrogen-bond acceptors (Lipinski definition) is 7. The molecule has 142 valence electrons. The molecule has 0 aliphatic rings. The number of carboxylic acid groups (broad SMARTS) is 1. The summed E-state index contributed by atoms with van der Waals surface area (Å²) in [5.74, 6) is -2.03. The van der Waals surface area contributed by atoms with Gasteiger partial charge in [0.15, 0.2) is 6.61 Å². The van der Waals surface area contributed by atoms with Gasteiger partial charge in [-0.1, -0.05) is 12.1 Å². The molecule has 0 amide bonds. The Kier molecular flexibility index (Phi) is 6.12. The standard InChI is InChI=1S/C19H19NO7/c1-10-15(18(23)25-3)17(16(11(2)20-10)19(24)26-4)12-5-7-13(8-6-12)27-9-14(21)22/h5-8H,9H2,1-4H3,(H,21,22). The van der Waals surface area contributed by atoms with Crippen LogP contribution in [0.5, 0.6) is 5.75 Å². The predicted octanol–water partition coefficient (Wildman–Crippen LogP) is 2.40. The first-order chi connectivity index (χ1) is 12.8. The normalized spacial score (nSPS) is 10.2. The first kappa shape index (κ1) is 19.9. The molecule has 0 radical (unpaired) electrons. The fraction of sp³-hybridized carbons (Fsp3) is 0.263. The molecule has 27 heavy (non-hydrogen) atoms. The molecule has 2 rings (SSSR count). The Morgan fingerprint density at radius 1 is 0.926 bits per heavy atom. The van der Waals surface area contributed by atoms with E-state index in [2.05, 4.69) is 4.98 Å². The third-order valence-corrected chi connectivity index (χ3v) is 3.84. The van der Waals surface area contributed by atoms with Crippen LogP contribution in [0.1, 0.15) is 32.1 Å². The molecule has 0 aliphatic heterocycles. The van der Waals surface area contributed by atoms with Gasteiger partial charge in [-0.3, -0.25) is 4.98 Å². The van der Waals surface area contributed by atoms with Crippen LogP contribution in [0.3, 0.4) is 0 Å². The molecule has 0 bridgehead atoms. The van der Waals surface area contributed by atoms with Crippen molar-refractivity contribution in [1.29, 1.82) is 0 Å². The lowest BCUT2D eigenvalue weighted by molar-refractivity contribution is -0.139. The summed E-state index contributed by atoms with van der Waals surface area (Å²) in [7, 11) is 2.48. The second-order valence-corrected chi connectivity index (χ2v) is 5.60. The van der Waals surface area contributed by atoms with Gasteiger partial charge in [0.25, 0.3) is 0 Å². The Labute approximate surface area is 155 Å². The van der Waals surface area contributed by atoms with E-state index in [0.717, 1.165) is 0 Å². The number of hydrogen-bond donors (Lipinski definition) is 1. The number of benzene rings is 1. The smallest absolute Gasteiger partial charge is 0.341 e. The number of aryl methyl sites for hydroxylation is 2. The molecular weight excluding hydrogens is 354 g/mol. The van der Waals surface area contributed by atoms with Crippen molar-refractivity contribution in [3.63, 3.8) is 0 Å².